The molecule has 2 nitrogen and oxygen atoms in total. The van der Waals surface area contributed by atoms with E-state index in [1.54, 1.807) is 11.8 Å². The van der Waals surface area contributed by atoms with Crippen molar-refractivity contribution in [2.24, 2.45) is 5.92 Å². The largest absolute Gasteiger partial charge is 0.384 e. The maximum Gasteiger partial charge on any atom is 0.102 e. The lowest BCUT2D eigenvalue weighted by Crippen LogP contribution is -2.04. The lowest BCUT2D eigenvalue weighted by molar-refractivity contribution is 0.687. The van der Waals surface area contributed by atoms with Crippen molar-refractivity contribution < 1.29 is 0 Å². The molecule has 0 spiro atoms. The Morgan fingerprint density at radius 2 is 2.28 bits per heavy atom. The van der Waals surface area contributed by atoms with Gasteiger partial charge in [0.1, 0.15) is 6.07 Å². The van der Waals surface area contributed by atoms with Crippen molar-refractivity contribution in [2.45, 2.75) is 37.5 Å². The van der Waals surface area contributed by atoms with Gasteiger partial charge in [-0.15, -0.1) is 11.8 Å². The van der Waals surface area contributed by atoms with Crippen molar-refractivity contribution >= 4 is 17.4 Å². The van der Waals surface area contributed by atoms with E-state index in [2.05, 4.69) is 18.3 Å². The van der Waals surface area contributed by atoms with E-state index in [-0.39, 0.29) is 0 Å². The summed E-state index contributed by atoms with van der Waals surface area (Å²) in [5.41, 5.74) is 1.79. The van der Waals surface area contributed by atoms with Crippen LogP contribution in [0, 0.1) is 17.2 Å². The van der Waals surface area contributed by atoms with Crippen LogP contribution in [0.2, 0.25) is 0 Å². The highest BCUT2D eigenvalue weighted by atomic mass is 32.2. The van der Waals surface area contributed by atoms with Crippen LogP contribution in [-0.4, -0.2) is 12.3 Å². The number of nitriles is 1. The number of benzene rings is 1. The molecule has 1 N–H and O–H groups in total. The van der Waals surface area contributed by atoms with Gasteiger partial charge in [0.15, 0.2) is 0 Å². The van der Waals surface area contributed by atoms with Gasteiger partial charge in [-0.2, -0.15) is 5.26 Å². The first-order valence-electron chi connectivity index (χ1n) is 6.75. The molecule has 0 saturated heterocycles. The molecule has 18 heavy (non-hydrogen) atoms. The maximum absolute atomic E-state index is 9.28. The molecule has 0 heterocycles. The molecule has 0 bridgehead atoms. The van der Waals surface area contributed by atoms with Gasteiger partial charge in [-0.3, -0.25) is 0 Å². The molecule has 1 aromatic carbocycles. The summed E-state index contributed by atoms with van der Waals surface area (Å²) >= 11 is 1.73. The minimum absolute atomic E-state index is 0.802. The SMILES string of the molecule is CCSc1cccc(NCCCC2CC2)c1C#N. The number of nitrogens with one attached hydrogen (secondary N) is 1. The van der Waals surface area contributed by atoms with Gasteiger partial charge < -0.3 is 5.32 Å². The van der Waals surface area contributed by atoms with Gasteiger partial charge in [-0.25, -0.2) is 0 Å². The van der Waals surface area contributed by atoms with Crippen LogP contribution in [0.4, 0.5) is 5.69 Å². The number of thioether (sulfide) groups is 1. The van der Waals surface area contributed by atoms with Crippen LogP contribution in [0.25, 0.3) is 0 Å². The van der Waals surface area contributed by atoms with E-state index >= 15 is 0 Å². The summed E-state index contributed by atoms with van der Waals surface area (Å²) in [6.07, 6.45) is 5.39. The van der Waals surface area contributed by atoms with Crippen LogP contribution >= 0.6 is 11.8 Å². The van der Waals surface area contributed by atoms with Crippen molar-refractivity contribution in [3.05, 3.63) is 23.8 Å². The highest BCUT2D eigenvalue weighted by Gasteiger charge is 2.20. The second-order valence-electron chi connectivity index (χ2n) is 4.74. The third kappa shape index (κ3) is 3.68. The minimum Gasteiger partial charge on any atom is -0.384 e. The standard InChI is InChI=1S/C15H20N2S/c1-2-18-15-7-3-6-14(13(15)11-16)17-10-4-5-12-8-9-12/h3,6-7,12,17H,2,4-5,8-10H2,1H3. The fourth-order valence-corrected chi connectivity index (χ4v) is 2.88. The van der Waals surface area contributed by atoms with Crippen molar-refractivity contribution in [3.63, 3.8) is 0 Å². The van der Waals surface area contributed by atoms with Gasteiger partial charge in [0.05, 0.1) is 11.3 Å². The Labute approximate surface area is 114 Å². The molecular formula is C15H20N2S. The molecule has 0 radical (unpaired) electrons. The average Bonchev–Trinajstić information content (AvgIpc) is 3.19. The van der Waals surface area contributed by atoms with E-state index in [1.807, 2.05) is 18.2 Å². The average molecular weight is 260 g/mol. The highest BCUT2D eigenvalue weighted by molar-refractivity contribution is 7.99. The summed E-state index contributed by atoms with van der Waals surface area (Å²) in [4.78, 5) is 1.09. The van der Waals surface area contributed by atoms with Gasteiger partial charge in [0, 0.05) is 11.4 Å². The molecule has 1 aliphatic rings. The van der Waals surface area contributed by atoms with Gasteiger partial charge >= 0.3 is 0 Å². The van der Waals surface area contributed by atoms with Gasteiger partial charge in [-0.1, -0.05) is 25.8 Å². The third-order valence-corrected chi connectivity index (χ3v) is 4.18. The normalized spacial score (nSPS) is 14.2. The number of hydrogen-bond acceptors (Lipinski definition) is 3. The zero-order chi connectivity index (χ0) is 12.8. The maximum atomic E-state index is 9.28. The molecule has 1 saturated carbocycles. The molecule has 1 aliphatic carbocycles. The number of nitrogens with zero attached hydrogens (tertiary/aromatic N) is 1. The molecule has 2 rings (SSSR count). The quantitative estimate of drug-likeness (QED) is 0.587. The Morgan fingerprint density at radius 1 is 1.44 bits per heavy atom. The number of hydrogen-bond donors (Lipinski definition) is 1. The van der Waals surface area contributed by atoms with Crippen LogP contribution < -0.4 is 5.32 Å². The van der Waals surface area contributed by atoms with Crippen molar-refractivity contribution in [1.82, 2.24) is 0 Å². The molecule has 0 atom stereocenters. The number of anilines is 1. The first-order valence-corrected chi connectivity index (χ1v) is 7.73. The predicted octanol–water partition coefficient (Wildman–Crippen LogP) is 4.27. The summed E-state index contributed by atoms with van der Waals surface area (Å²) in [6.45, 7) is 3.09. The van der Waals surface area contributed by atoms with Crippen molar-refractivity contribution in [3.8, 4) is 6.07 Å². The second kappa shape index (κ2) is 6.70. The molecule has 96 valence electrons. The Morgan fingerprint density at radius 3 is 2.94 bits per heavy atom. The smallest absolute Gasteiger partial charge is 0.102 e. The zero-order valence-electron chi connectivity index (χ0n) is 10.9. The van der Waals surface area contributed by atoms with Crippen molar-refractivity contribution in [1.29, 1.82) is 5.26 Å². The summed E-state index contributed by atoms with van der Waals surface area (Å²) < 4.78 is 0. The minimum atomic E-state index is 0.802. The molecular weight excluding hydrogens is 240 g/mol. The lowest BCUT2D eigenvalue weighted by Gasteiger charge is -2.10. The summed E-state index contributed by atoms with van der Waals surface area (Å²) in [5.74, 6) is 1.99. The second-order valence-corrected chi connectivity index (χ2v) is 6.04. The van der Waals surface area contributed by atoms with E-state index in [0.717, 1.165) is 34.4 Å². The third-order valence-electron chi connectivity index (χ3n) is 3.24. The fourth-order valence-electron chi connectivity index (χ4n) is 2.09. The first kappa shape index (κ1) is 13.3. The Kier molecular flexibility index (Phi) is 4.95. The molecule has 0 aromatic heterocycles. The molecule has 0 unspecified atom stereocenters. The Hall–Kier alpha value is -1.14. The van der Waals surface area contributed by atoms with Crippen molar-refractivity contribution in [2.75, 3.05) is 17.6 Å². The zero-order valence-corrected chi connectivity index (χ0v) is 11.7. The van der Waals surface area contributed by atoms with Crippen LogP contribution in [0.3, 0.4) is 0 Å². The summed E-state index contributed by atoms with van der Waals surface area (Å²) in [6, 6.07) is 8.40. The Balaban J connectivity index is 1.93. The monoisotopic (exact) mass is 260 g/mol. The van der Waals surface area contributed by atoms with Crippen LogP contribution in [-0.2, 0) is 0 Å². The van der Waals surface area contributed by atoms with Crippen LogP contribution in [0.15, 0.2) is 23.1 Å². The molecule has 1 aromatic rings. The van der Waals surface area contributed by atoms with E-state index in [1.165, 1.54) is 25.7 Å². The van der Waals surface area contributed by atoms with Gasteiger partial charge in [0.2, 0.25) is 0 Å². The molecule has 0 amide bonds. The van der Waals surface area contributed by atoms with E-state index < -0.39 is 0 Å². The van der Waals surface area contributed by atoms with Crippen LogP contribution in [0.1, 0.15) is 38.2 Å². The molecule has 1 fully saturated rings. The Bertz CT molecular complexity index is 433. The lowest BCUT2D eigenvalue weighted by atomic mass is 10.2. The van der Waals surface area contributed by atoms with E-state index in [4.69, 9.17) is 0 Å². The molecule has 0 aliphatic heterocycles. The highest BCUT2D eigenvalue weighted by Crippen LogP contribution is 2.33. The topological polar surface area (TPSA) is 35.8 Å². The summed E-state index contributed by atoms with van der Waals surface area (Å²) in [7, 11) is 0. The van der Waals surface area contributed by atoms with Gasteiger partial charge in [0.25, 0.3) is 0 Å². The van der Waals surface area contributed by atoms with Gasteiger partial charge in [-0.05, 0) is 36.6 Å². The number of rotatable bonds is 7. The fraction of sp³-hybridized carbons (Fsp3) is 0.533. The van der Waals surface area contributed by atoms with E-state index in [0.29, 0.717) is 0 Å². The summed E-state index contributed by atoms with van der Waals surface area (Å²) in [5, 5.41) is 12.7. The van der Waals surface area contributed by atoms with Crippen LogP contribution in [0.5, 0.6) is 0 Å². The molecule has 3 heteroatoms. The van der Waals surface area contributed by atoms with E-state index in [9.17, 15) is 5.26 Å². The first-order chi connectivity index (χ1) is 8.85. The predicted molar refractivity (Wildman–Crippen MR) is 78.0 cm³/mol.